The van der Waals surface area contributed by atoms with Crippen LogP contribution in [-0.4, -0.2) is 41.8 Å². The molecule has 2 aromatic rings. The Hall–Kier alpha value is -3.35. The fraction of sp³-hybridized carbons (Fsp3) is 0.444. The lowest BCUT2D eigenvalue weighted by Gasteiger charge is -2.23. The van der Waals surface area contributed by atoms with Crippen LogP contribution in [0.3, 0.4) is 0 Å². The third-order valence-electron chi connectivity index (χ3n) is 6.76. The Morgan fingerprint density at radius 1 is 1.00 bits per heavy atom. The van der Waals surface area contributed by atoms with Crippen LogP contribution in [0.15, 0.2) is 48.5 Å². The van der Waals surface area contributed by atoms with Gasteiger partial charge >= 0.3 is 12.1 Å². The zero-order valence-corrected chi connectivity index (χ0v) is 19.5. The van der Waals surface area contributed by atoms with E-state index in [1.165, 1.54) is 0 Å². The Bertz CT molecular complexity index is 1000. The average molecular weight is 465 g/mol. The van der Waals surface area contributed by atoms with E-state index in [-0.39, 0.29) is 30.9 Å². The number of carboxylic acid groups (broad SMARTS) is 1. The van der Waals surface area contributed by atoms with E-state index in [9.17, 15) is 14.4 Å². The minimum absolute atomic E-state index is 0.00805. The van der Waals surface area contributed by atoms with Crippen molar-refractivity contribution in [2.75, 3.05) is 6.61 Å². The molecule has 1 fully saturated rings. The summed E-state index contributed by atoms with van der Waals surface area (Å²) in [7, 11) is 0. The molecule has 2 aromatic carbocycles. The Balaban J connectivity index is 1.37. The molecule has 180 valence electrons. The van der Waals surface area contributed by atoms with E-state index < -0.39 is 18.1 Å². The number of aliphatic carboxylic acids is 1. The Morgan fingerprint density at radius 2 is 1.62 bits per heavy atom. The summed E-state index contributed by atoms with van der Waals surface area (Å²) in [4.78, 5) is 36.5. The van der Waals surface area contributed by atoms with Crippen molar-refractivity contribution < 1.29 is 24.2 Å². The smallest absolute Gasteiger partial charge is 0.407 e. The van der Waals surface area contributed by atoms with Crippen molar-refractivity contribution in [3.8, 4) is 11.1 Å². The van der Waals surface area contributed by atoms with Crippen molar-refractivity contribution in [2.24, 2.45) is 5.92 Å². The van der Waals surface area contributed by atoms with Gasteiger partial charge in [-0.3, -0.25) is 9.59 Å². The number of amides is 2. The number of nitrogens with one attached hydrogen (secondary N) is 2. The number of rotatable bonds is 11. The number of ether oxygens (including phenoxy) is 1. The molecule has 3 N–H and O–H groups in total. The SMILES string of the molecule is CCC(CCC(=O)O)NC(=O)C(CC1CC1)NC(=O)OCC1c2ccccc2-c2ccccc21. The van der Waals surface area contributed by atoms with Gasteiger partial charge in [0.1, 0.15) is 12.6 Å². The Morgan fingerprint density at radius 3 is 2.18 bits per heavy atom. The van der Waals surface area contributed by atoms with Gasteiger partial charge in [0.15, 0.2) is 0 Å². The maximum atomic E-state index is 12.9. The van der Waals surface area contributed by atoms with Gasteiger partial charge in [0.2, 0.25) is 5.91 Å². The van der Waals surface area contributed by atoms with Crippen LogP contribution in [0, 0.1) is 5.92 Å². The molecule has 0 radical (unpaired) electrons. The predicted molar refractivity (Wildman–Crippen MR) is 128 cm³/mol. The predicted octanol–water partition coefficient (Wildman–Crippen LogP) is 4.45. The number of carbonyl (C=O) groups is 3. The number of fused-ring (bicyclic) bond motifs is 3. The molecule has 2 aliphatic rings. The van der Waals surface area contributed by atoms with Crippen molar-refractivity contribution in [1.29, 1.82) is 0 Å². The Labute approximate surface area is 199 Å². The van der Waals surface area contributed by atoms with Crippen molar-refractivity contribution >= 4 is 18.0 Å². The second-order valence-electron chi connectivity index (χ2n) is 9.25. The van der Waals surface area contributed by atoms with Gasteiger partial charge in [0.05, 0.1) is 0 Å². The second kappa shape index (κ2) is 10.7. The van der Waals surface area contributed by atoms with Crippen LogP contribution in [-0.2, 0) is 14.3 Å². The number of alkyl carbamates (subject to hydrolysis) is 1. The van der Waals surface area contributed by atoms with E-state index >= 15 is 0 Å². The molecule has 4 rings (SSSR count). The average Bonchev–Trinajstić information content (AvgIpc) is 3.60. The van der Waals surface area contributed by atoms with Gasteiger partial charge in [-0.2, -0.15) is 0 Å². The molecule has 7 nitrogen and oxygen atoms in total. The van der Waals surface area contributed by atoms with E-state index in [2.05, 4.69) is 34.9 Å². The fourth-order valence-corrected chi connectivity index (χ4v) is 4.68. The molecule has 0 saturated heterocycles. The Kier molecular flexibility index (Phi) is 7.50. The maximum Gasteiger partial charge on any atom is 0.407 e. The monoisotopic (exact) mass is 464 g/mol. The van der Waals surface area contributed by atoms with Crippen LogP contribution >= 0.6 is 0 Å². The first-order chi connectivity index (χ1) is 16.5. The van der Waals surface area contributed by atoms with Crippen molar-refractivity contribution in [3.05, 3.63) is 59.7 Å². The maximum absolute atomic E-state index is 12.9. The van der Waals surface area contributed by atoms with Gasteiger partial charge in [-0.25, -0.2) is 4.79 Å². The summed E-state index contributed by atoms with van der Waals surface area (Å²) in [5, 5.41) is 14.6. The summed E-state index contributed by atoms with van der Waals surface area (Å²) in [5.74, 6) is -0.797. The normalized spacial score (nSPS) is 16.1. The lowest BCUT2D eigenvalue weighted by Crippen LogP contribution is -2.50. The van der Waals surface area contributed by atoms with Gasteiger partial charge in [0.25, 0.3) is 0 Å². The quantitative estimate of drug-likeness (QED) is 0.456. The molecule has 2 atom stereocenters. The largest absolute Gasteiger partial charge is 0.481 e. The van der Waals surface area contributed by atoms with E-state index in [1.807, 2.05) is 31.2 Å². The first-order valence-electron chi connectivity index (χ1n) is 12.1. The molecule has 0 heterocycles. The van der Waals surface area contributed by atoms with Crippen LogP contribution in [0.2, 0.25) is 0 Å². The third-order valence-corrected chi connectivity index (χ3v) is 6.76. The number of hydrogen-bond acceptors (Lipinski definition) is 4. The molecule has 34 heavy (non-hydrogen) atoms. The molecule has 0 spiro atoms. The van der Waals surface area contributed by atoms with Gasteiger partial charge in [-0.05, 0) is 47.4 Å². The van der Waals surface area contributed by atoms with Gasteiger partial charge in [0, 0.05) is 18.4 Å². The summed E-state index contributed by atoms with van der Waals surface area (Å²) >= 11 is 0. The highest BCUT2D eigenvalue weighted by Crippen LogP contribution is 2.44. The fourth-order valence-electron chi connectivity index (χ4n) is 4.68. The van der Waals surface area contributed by atoms with E-state index in [1.54, 1.807) is 0 Å². The van der Waals surface area contributed by atoms with Crippen LogP contribution in [0.25, 0.3) is 11.1 Å². The molecule has 2 aliphatic carbocycles. The van der Waals surface area contributed by atoms with Gasteiger partial charge in [-0.15, -0.1) is 0 Å². The molecule has 0 bridgehead atoms. The molecule has 2 unspecified atom stereocenters. The molecule has 0 aliphatic heterocycles. The van der Waals surface area contributed by atoms with E-state index in [4.69, 9.17) is 9.84 Å². The van der Waals surface area contributed by atoms with Crippen molar-refractivity contribution in [1.82, 2.24) is 10.6 Å². The first-order valence-corrected chi connectivity index (χ1v) is 12.1. The topological polar surface area (TPSA) is 105 Å². The molecular formula is C27H32N2O5. The second-order valence-corrected chi connectivity index (χ2v) is 9.25. The summed E-state index contributed by atoms with van der Waals surface area (Å²) in [6, 6.07) is 15.3. The number of carbonyl (C=O) groups excluding carboxylic acids is 2. The molecule has 1 saturated carbocycles. The standard InChI is InChI=1S/C27H32N2O5/c1-2-18(13-14-25(30)31)28-26(32)24(15-17-11-12-17)29-27(33)34-16-23-21-9-5-3-7-19(21)20-8-4-6-10-22(20)23/h3-10,17-18,23-24H,2,11-16H2,1H3,(H,28,32)(H,29,33)(H,30,31). The first kappa shape index (κ1) is 23.8. The summed E-state index contributed by atoms with van der Waals surface area (Å²) < 4.78 is 5.62. The van der Waals surface area contributed by atoms with Crippen molar-refractivity contribution in [2.45, 2.75) is 63.5 Å². The zero-order chi connectivity index (χ0) is 24.1. The number of benzene rings is 2. The van der Waals surface area contributed by atoms with Crippen molar-refractivity contribution in [3.63, 3.8) is 0 Å². The summed E-state index contributed by atoms with van der Waals surface area (Å²) in [6.07, 6.45) is 3.02. The summed E-state index contributed by atoms with van der Waals surface area (Å²) in [5.41, 5.74) is 4.58. The number of hydrogen-bond donors (Lipinski definition) is 3. The van der Waals surface area contributed by atoms with Crippen LogP contribution < -0.4 is 10.6 Å². The lowest BCUT2D eigenvalue weighted by atomic mass is 9.98. The zero-order valence-electron chi connectivity index (χ0n) is 19.5. The summed E-state index contributed by atoms with van der Waals surface area (Å²) in [6.45, 7) is 2.09. The third kappa shape index (κ3) is 5.76. The van der Waals surface area contributed by atoms with Gasteiger partial charge in [-0.1, -0.05) is 68.3 Å². The highest BCUT2D eigenvalue weighted by Gasteiger charge is 2.33. The molecule has 0 aromatic heterocycles. The highest BCUT2D eigenvalue weighted by atomic mass is 16.5. The highest BCUT2D eigenvalue weighted by molar-refractivity contribution is 5.86. The van der Waals surface area contributed by atoms with Crippen LogP contribution in [0.5, 0.6) is 0 Å². The lowest BCUT2D eigenvalue weighted by molar-refractivity contribution is -0.137. The molecular weight excluding hydrogens is 432 g/mol. The molecule has 2 amide bonds. The van der Waals surface area contributed by atoms with E-state index in [0.29, 0.717) is 25.2 Å². The molecule has 7 heteroatoms. The number of carboxylic acids is 1. The van der Waals surface area contributed by atoms with Crippen LogP contribution in [0.1, 0.15) is 62.5 Å². The minimum Gasteiger partial charge on any atom is -0.481 e. The van der Waals surface area contributed by atoms with Crippen LogP contribution in [0.4, 0.5) is 4.79 Å². The van der Waals surface area contributed by atoms with E-state index in [0.717, 1.165) is 35.1 Å². The van der Waals surface area contributed by atoms with Gasteiger partial charge < -0.3 is 20.5 Å². The minimum atomic E-state index is -0.890.